The maximum Gasteiger partial charge on any atom is 0.329 e. The van der Waals surface area contributed by atoms with E-state index in [0.29, 0.717) is 25.7 Å². The molecule has 14 atom stereocenters. The Morgan fingerprint density at radius 3 is 0.918 bits per heavy atom. The minimum atomic E-state index is -1.40. The standard InChI is InChI=1S/C45H69N5O8.C38H63N5O8.CH4/c1-11-31(10)41(44(56)50-40(30(8)9)45(57)58-26-33-20-16-13-17-21-33)48-38(53)25-36(51)34(24-32-18-14-12-15-19-32)47-43(55)39(29(6)7)49-42(54)35(22-27(2)3)46-37(52)23-28(4)5;1-11-25(10)34(37(49)43-33(24(8)9)38(50)51)41-31(46)20-29(44)27(19-26-15-13-12-14-16-26)40-36(48)32(23(6)7)42-35(47)28(17-21(2)3)39-30(45)18-22(4)5;/h12-21,27-31,34-36,39-41,51H,11,22-26H2,1-10H3,(H,46,52)(H,47,55)(H,48,53)(H,49,54)(H,50,56);12-16,21-25,27-29,32-34,44H,11,17-20H2,1-10H3,(H,39,45)(H,40,48)(H,41,46)(H,42,47)(H,43,49)(H,50,51);1H4/t31-,34-,35-,36-,39-,40-,41-;25-,27-,28-,29-,32-,33-,34-;/m00./s1. The first-order chi connectivity index (χ1) is 51.1. The number of ether oxygens (including phenoxy) is 1. The van der Waals surface area contributed by atoms with E-state index in [1.54, 1.807) is 69.2 Å². The lowest BCUT2D eigenvalue weighted by Gasteiger charge is -2.30. The Bertz CT molecular complexity index is 3320. The Balaban J connectivity index is 0.00000110. The van der Waals surface area contributed by atoms with Gasteiger partial charge in [-0.2, -0.15) is 0 Å². The molecule has 3 aromatic carbocycles. The minimum absolute atomic E-state index is 0. The quantitative estimate of drug-likeness (QED) is 0.0237. The number of aliphatic carboxylic acids is 1. The van der Waals surface area contributed by atoms with Gasteiger partial charge in [0, 0.05) is 12.8 Å². The number of hydrogen-bond acceptors (Lipinski definition) is 15. The molecule has 110 heavy (non-hydrogen) atoms. The lowest BCUT2D eigenvalue weighted by molar-refractivity contribution is -0.151. The third-order valence-corrected chi connectivity index (χ3v) is 18.7. The number of nitrogens with one attached hydrogen (secondary N) is 10. The second-order valence-electron chi connectivity index (χ2n) is 32.1. The molecular formula is C84H136N10O16. The zero-order valence-corrected chi connectivity index (χ0v) is 68.3. The molecule has 3 rings (SSSR count). The van der Waals surface area contributed by atoms with Gasteiger partial charge < -0.3 is 73.2 Å². The van der Waals surface area contributed by atoms with E-state index in [0.717, 1.165) is 16.7 Å². The maximum atomic E-state index is 13.9. The first-order valence-corrected chi connectivity index (χ1v) is 39.0. The van der Waals surface area contributed by atoms with E-state index < -0.39 is 151 Å². The number of carboxylic acid groups (broad SMARTS) is 1. The molecule has 0 unspecified atom stereocenters. The Morgan fingerprint density at radius 1 is 0.336 bits per heavy atom. The van der Waals surface area contributed by atoms with Crippen molar-refractivity contribution in [3.8, 4) is 0 Å². The molecule has 618 valence electrons. The number of amides is 10. The van der Waals surface area contributed by atoms with Gasteiger partial charge in [-0.25, -0.2) is 9.59 Å². The van der Waals surface area contributed by atoms with Crippen molar-refractivity contribution in [2.24, 2.45) is 59.2 Å². The topological polar surface area (TPSA) is 395 Å². The van der Waals surface area contributed by atoms with Crippen molar-refractivity contribution in [1.29, 1.82) is 0 Å². The van der Waals surface area contributed by atoms with Crippen molar-refractivity contribution < 1.29 is 77.6 Å². The normalized spacial score (nSPS) is 15.2. The van der Waals surface area contributed by atoms with Crippen LogP contribution in [0.25, 0.3) is 0 Å². The van der Waals surface area contributed by atoms with Gasteiger partial charge in [0.05, 0.1) is 37.1 Å². The van der Waals surface area contributed by atoms with Crippen molar-refractivity contribution in [3.05, 3.63) is 108 Å². The van der Waals surface area contributed by atoms with Crippen LogP contribution in [-0.4, -0.2) is 159 Å². The van der Waals surface area contributed by atoms with Gasteiger partial charge in [0.15, 0.2) is 0 Å². The molecule has 0 saturated heterocycles. The molecule has 0 radical (unpaired) electrons. The number of aliphatic hydroxyl groups is 2. The number of hydrogen-bond donors (Lipinski definition) is 13. The number of carboxylic acids is 1. The van der Waals surface area contributed by atoms with Crippen molar-refractivity contribution in [1.82, 2.24) is 53.2 Å². The fraction of sp³-hybridized carbons (Fsp3) is 0.643. The molecule has 10 amide bonds. The lowest BCUT2D eigenvalue weighted by Crippen LogP contribution is -2.59. The second kappa shape index (κ2) is 50.9. The van der Waals surface area contributed by atoms with Crippen LogP contribution < -0.4 is 53.2 Å². The van der Waals surface area contributed by atoms with Gasteiger partial charge in [-0.1, -0.05) is 250 Å². The first kappa shape index (κ1) is 99.2. The average molecular weight is 1540 g/mol. The van der Waals surface area contributed by atoms with Crippen molar-refractivity contribution in [2.75, 3.05) is 0 Å². The van der Waals surface area contributed by atoms with E-state index in [1.165, 1.54) is 0 Å². The van der Waals surface area contributed by atoms with E-state index in [9.17, 15) is 72.9 Å². The van der Waals surface area contributed by atoms with E-state index in [2.05, 4.69) is 53.2 Å². The Labute approximate surface area is 655 Å². The summed E-state index contributed by atoms with van der Waals surface area (Å²) < 4.78 is 5.52. The predicted octanol–water partition coefficient (Wildman–Crippen LogP) is 8.17. The van der Waals surface area contributed by atoms with Gasteiger partial charge in [0.2, 0.25) is 59.1 Å². The number of esters is 1. The molecule has 0 aromatic heterocycles. The average Bonchev–Trinajstić information content (AvgIpc) is 0.868. The van der Waals surface area contributed by atoms with Crippen LogP contribution >= 0.6 is 0 Å². The van der Waals surface area contributed by atoms with Crippen LogP contribution in [0.4, 0.5) is 0 Å². The van der Waals surface area contributed by atoms with Crippen LogP contribution in [0.1, 0.15) is 214 Å². The van der Waals surface area contributed by atoms with Gasteiger partial charge >= 0.3 is 11.9 Å². The number of aliphatic hydroxyl groups excluding tert-OH is 2. The van der Waals surface area contributed by atoms with Crippen LogP contribution in [-0.2, 0) is 81.7 Å². The molecule has 3 aromatic rings. The lowest BCUT2D eigenvalue weighted by atomic mass is 9.95. The third-order valence-electron chi connectivity index (χ3n) is 18.7. The van der Waals surface area contributed by atoms with Crippen LogP contribution in [0.5, 0.6) is 0 Å². The largest absolute Gasteiger partial charge is 0.480 e. The summed E-state index contributed by atoms with van der Waals surface area (Å²) in [6.07, 6.45) is -1.10. The molecule has 0 fully saturated rings. The van der Waals surface area contributed by atoms with Crippen LogP contribution in [0, 0.1) is 59.2 Å². The molecule has 0 bridgehead atoms. The molecule has 0 spiro atoms. The summed E-state index contributed by atoms with van der Waals surface area (Å²) in [5, 5.41) is 60.3. The summed E-state index contributed by atoms with van der Waals surface area (Å²) in [5.41, 5.74) is 2.37. The van der Waals surface area contributed by atoms with Gasteiger partial charge in [-0.15, -0.1) is 0 Å². The fourth-order valence-corrected chi connectivity index (χ4v) is 11.9. The number of carbonyl (C=O) groups excluding carboxylic acids is 11. The van der Waals surface area contributed by atoms with Gasteiger partial charge in [0.1, 0.15) is 54.9 Å². The van der Waals surface area contributed by atoms with Gasteiger partial charge in [0.25, 0.3) is 0 Å². The summed E-state index contributed by atoms with van der Waals surface area (Å²) in [7, 11) is 0. The summed E-state index contributed by atoms with van der Waals surface area (Å²) in [6, 6.07) is 17.6. The highest BCUT2D eigenvalue weighted by Gasteiger charge is 2.38. The SMILES string of the molecule is C.CC[C@H](C)[C@H](NC(=O)C[C@H](O)[C@H](Cc1ccccc1)NC(=O)[C@@H](NC(=O)[C@H](CC(C)C)NC(=O)CC(C)C)C(C)C)C(=O)N[C@H](C(=O)O)C(C)C.CC[C@H](C)[C@H](NC(=O)C[C@H](O)[C@H](Cc1ccccc1)NC(=O)[C@@H](NC(=O)[C@H](CC(C)C)NC(=O)CC(C)C)C(C)C)C(=O)N[C@H](C(=O)OCc1ccccc1)C(C)C. The fourth-order valence-electron chi connectivity index (χ4n) is 11.9. The third kappa shape index (κ3) is 37.3. The summed E-state index contributed by atoms with van der Waals surface area (Å²) in [4.78, 5) is 159. The number of rotatable bonds is 46. The highest BCUT2D eigenvalue weighted by molar-refractivity contribution is 5.95. The van der Waals surface area contributed by atoms with Crippen LogP contribution in [0.3, 0.4) is 0 Å². The van der Waals surface area contributed by atoms with Crippen LogP contribution in [0.2, 0.25) is 0 Å². The predicted molar refractivity (Wildman–Crippen MR) is 428 cm³/mol. The van der Waals surface area contributed by atoms with E-state index in [-0.39, 0.29) is 105 Å². The zero-order valence-electron chi connectivity index (χ0n) is 68.3. The molecule has 26 nitrogen and oxygen atoms in total. The number of carbonyl (C=O) groups is 12. The van der Waals surface area contributed by atoms with Crippen molar-refractivity contribution >= 4 is 71.0 Å². The summed E-state index contributed by atoms with van der Waals surface area (Å²) in [5.74, 6) is -8.65. The molecular weight excluding hydrogens is 1400 g/mol. The number of benzene rings is 3. The molecule has 0 aliphatic heterocycles. The van der Waals surface area contributed by atoms with Crippen LogP contribution in [0.15, 0.2) is 91.0 Å². The van der Waals surface area contributed by atoms with E-state index in [4.69, 9.17) is 4.74 Å². The minimum Gasteiger partial charge on any atom is -0.480 e. The molecule has 0 heterocycles. The Kier molecular flexibility index (Phi) is 45.9. The second-order valence-corrected chi connectivity index (χ2v) is 32.1. The summed E-state index contributed by atoms with van der Waals surface area (Å²) in [6.45, 7) is 36.7. The Morgan fingerprint density at radius 2 is 0.627 bits per heavy atom. The molecule has 13 N–H and O–H groups in total. The smallest absolute Gasteiger partial charge is 0.329 e. The molecule has 26 heteroatoms. The highest BCUT2D eigenvalue weighted by Crippen LogP contribution is 2.20. The summed E-state index contributed by atoms with van der Waals surface area (Å²) >= 11 is 0. The Hall–Kier alpha value is -8.78. The molecule has 0 saturated carbocycles. The zero-order chi connectivity index (χ0) is 82.5. The first-order valence-electron chi connectivity index (χ1n) is 39.0. The van der Waals surface area contributed by atoms with Crippen molar-refractivity contribution in [3.63, 3.8) is 0 Å². The van der Waals surface area contributed by atoms with E-state index >= 15 is 0 Å². The van der Waals surface area contributed by atoms with Gasteiger partial charge in [-0.05, 0) is 102 Å². The monoisotopic (exact) mass is 1540 g/mol. The highest BCUT2D eigenvalue weighted by atomic mass is 16.5. The van der Waals surface area contributed by atoms with Gasteiger partial charge in [-0.3, -0.25) is 47.9 Å². The van der Waals surface area contributed by atoms with Crippen molar-refractivity contribution in [2.45, 2.75) is 289 Å². The maximum absolute atomic E-state index is 13.9. The molecule has 0 aliphatic rings. The van der Waals surface area contributed by atoms with E-state index in [1.807, 2.05) is 160 Å². The molecule has 0 aliphatic carbocycles.